The van der Waals surface area contributed by atoms with Gasteiger partial charge in [0, 0.05) is 25.4 Å². The molecule has 0 aromatic heterocycles. The Morgan fingerprint density at radius 2 is 2.42 bits per heavy atom. The summed E-state index contributed by atoms with van der Waals surface area (Å²) < 4.78 is 0. The van der Waals surface area contributed by atoms with Gasteiger partial charge < -0.3 is 10.4 Å². The molecule has 0 saturated heterocycles. The van der Waals surface area contributed by atoms with E-state index in [-0.39, 0.29) is 0 Å². The molecule has 64 valence electrons. The Morgan fingerprint density at radius 1 is 1.67 bits per heavy atom. The van der Waals surface area contributed by atoms with E-state index in [9.17, 15) is 0 Å². The van der Waals surface area contributed by atoms with Crippen LogP contribution in [0.1, 0.15) is 13.3 Å². The Balaban J connectivity index is 2.83. The summed E-state index contributed by atoms with van der Waals surface area (Å²) in [5, 5.41) is 0. The lowest BCUT2D eigenvalue weighted by Gasteiger charge is -2.18. The maximum Gasteiger partial charge on any atom is 0.297 e. The zero-order valence-electron chi connectivity index (χ0n) is 7.49. The average Bonchev–Trinajstić information content (AvgIpc) is 2.17. The van der Waals surface area contributed by atoms with Crippen molar-refractivity contribution in [2.45, 2.75) is 13.3 Å². The maximum atomic E-state index is 8.55. The van der Waals surface area contributed by atoms with Gasteiger partial charge in [-0.15, -0.1) is 0 Å². The number of likely N-dealkylation sites (N-methyl/N-ethyl adjacent to an activating group) is 1. The molecule has 1 rings (SSSR count). The molecule has 1 aliphatic carbocycles. The van der Waals surface area contributed by atoms with E-state index >= 15 is 0 Å². The van der Waals surface area contributed by atoms with Crippen molar-refractivity contribution in [1.29, 1.82) is 0 Å². The fourth-order valence-electron chi connectivity index (χ4n) is 1.07. The van der Waals surface area contributed by atoms with Crippen LogP contribution in [0.2, 0.25) is 0 Å². The molecule has 3 nitrogen and oxygen atoms in total. The molecular weight excluding hydrogens is 150 g/mol. The lowest BCUT2D eigenvalue weighted by atomic mass is 10.1. The van der Waals surface area contributed by atoms with Crippen LogP contribution < -0.4 is 0 Å². The molecule has 0 N–H and O–H groups in total. The minimum atomic E-state index is 0.716. The summed E-state index contributed by atoms with van der Waals surface area (Å²) in [4.78, 5) is 5.27. The van der Waals surface area contributed by atoms with Crippen LogP contribution in [0.3, 0.4) is 0 Å². The lowest BCUT2D eigenvalue weighted by molar-refractivity contribution is -0.00555. The van der Waals surface area contributed by atoms with E-state index in [1.807, 2.05) is 25.3 Å². The highest BCUT2D eigenvalue weighted by molar-refractivity contribution is 5.93. The average molecular weight is 163 g/mol. The molecular formula is C9H13N3. The van der Waals surface area contributed by atoms with Crippen molar-refractivity contribution in [3.05, 3.63) is 29.5 Å². The van der Waals surface area contributed by atoms with Crippen molar-refractivity contribution in [3.63, 3.8) is 0 Å². The van der Waals surface area contributed by atoms with Crippen molar-refractivity contribution in [3.8, 4) is 0 Å². The molecule has 0 spiro atoms. The molecule has 0 fully saturated rings. The molecule has 0 amide bonds. The summed E-state index contributed by atoms with van der Waals surface area (Å²) in [6.07, 6.45) is 6.65. The summed E-state index contributed by atoms with van der Waals surface area (Å²) in [5.74, 6) is 0. The smallest absolute Gasteiger partial charge is 0.297 e. The van der Waals surface area contributed by atoms with E-state index in [1.165, 1.54) is 0 Å². The van der Waals surface area contributed by atoms with Crippen LogP contribution in [-0.4, -0.2) is 29.0 Å². The third-order valence-electron chi connectivity index (χ3n) is 1.97. The predicted molar refractivity (Wildman–Crippen MR) is 48.8 cm³/mol. The molecule has 0 bridgehead atoms. The van der Waals surface area contributed by atoms with E-state index in [0.29, 0.717) is 5.71 Å². The van der Waals surface area contributed by atoms with Crippen LogP contribution in [-0.2, 0) is 0 Å². The second-order valence-corrected chi connectivity index (χ2v) is 2.78. The lowest BCUT2D eigenvalue weighted by Crippen LogP contribution is -2.18. The van der Waals surface area contributed by atoms with Crippen molar-refractivity contribution in [2.24, 2.45) is 0 Å². The first-order chi connectivity index (χ1) is 5.77. The fourth-order valence-corrected chi connectivity index (χ4v) is 1.07. The van der Waals surface area contributed by atoms with E-state index in [1.54, 1.807) is 0 Å². The monoisotopic (exact) mass is 163 g/mol. The molecule has 1 aliphatic rings. The Labute approximate surface area is 72.6 Å². The van der Waals surface area contributed by atoms with Crippen LogP contribution in [0.25, 0.3) is 5.53 Å². The van der Waals surface area contributed by atoms with Crippen LogP contribution in [0.15, 0.2) is 23.9 Å². The second kappa shape index (κ2) is 3.88. The van der Waals surface area contributed by atoms with Gasteiger partial charge in [0.1, 0.15) is 0 Å². The summed E-state index contributed by atoms with van der Waals surface area (Å²) in [6.45, 7) is 3.04. The Kier molecular flexibility index (Phi) is 2.83. The molecule has 0 aromatic carbocycles. The van der Waals surface area contributed by atoms with Gasteiger partial charge in [0.2, 0.25) is 0 Å². The van der Waals surface area contributed by atoms with E-state index < -0.39 is 0 Å². The van der Waals surface area contributed by atoms with Crippen LogP contribution >= 0.6 is 0 Å². The van der Waals surface area contributed by atoms with E-state index in [0.717, 1.165) is 18.7 Å². The topological polar surface area (TPSA) is 39.6 Å². The van der Waals surface area contributed by atoms with Crippen molar-refractivity contribution < 1.29 is 4.79 Å². The summed E-state index contributed by atoms with van der Waals surface area (Å²) in [5.41, 5.74) is 10.4. The van der Waals surface area contributed by atoms with Gasteiger partial charge in [-0.3, -0.25) is 0 Å². The minimum absolute atomic E-state index is 0.716. The highest BCUT2D eigenvalue weighted by Gasteiger charge is 2.10. The first-order valence-electron chi connectivity index (χ1n) is 4.08. The number of hydrogen-bond acceptors (Lipinski definition) is 1. The zero-order valence-corrected chi connectivity index (χ0v) is 7.49. The molecule has 0 heterocycles. The molecule has 0 aliphatic heterocycles. The first kappa shape index (κ1) is 8.75. The van der Waals surface area contributed by atoms with Gasteiger partial charge in [0.05, 0.1) is 6.42 Å². The van der Waals surface area contributed by atoms with Crippen LogP contribution in [0.4, 0.5) is 0 Å². The quantitative estimate of drug-likeness (QED) is 0.448. The van der Waals surface area contributed by atoms with Crippen LogP contribution in [0, 0.1) is 0 Å². The first-order valence-corrected chi connectivity index (χ1v) is 4.08. The molecule has 3 heteroatoms. The molecule has 12 heavy (non-hydrogen) atoms. The van der Waals surface area contributed by atoms with Gasteiger partial charge in [-0.2, -0.15) is 4.79 Å². The summed E-state index contributed by atoms with van der Waals surface area (Å²) >= 11 is 0. The zero-order chi connectivity index (χ0) is 8.97. The van der Waals surface area contributed by atoms with Crippen LogP contribution in [0.5, 0.6) is 0 Å². The van der Waals surface area contributed by atoms with E-state index in [4.69, 9.17) is 5.53 Å². The largest absolute Gasteiger partial charge is 0.375 e. The molecule has 0 unspecified atom stereocenters. The van der Waals surface area contributed by atoms with Gasteiger partial charge in [0.15, 0.2) is 0 Å². The molecule has 0 atom stereocenters. The highest BCUT2D eigenvalue weighted by atomic mass is 15.1. The Hall–Kier alpha value is -1.34. The number of nitrogens with zero attached hydrogens (tertiary/aromatic N) is 3. The maximum absolute atomic E-state index is 8.55. The van der Waals surface area contributed by atoms with Gasteiger partial charge in [-0.25, -0.2) is 0 Å². The molecule has 0 saturated carbocycles. The van der Waals surface area contributed by atoms with Crippen molar-refractivity contribution >= 4 is 5.71 Å². The van der Waals surface area contributed by atoms with Gasteiger partial charge in [-0.1, -0.05) is 6.08 Å². The standard InChI is InChI=1S/C9H13N3/c1-3-12(2)9-6-4-5-8(7-9)11-10/h4,6-7H,3,5H2,1-2H3. The predicted octanol–water partition coefficient (Wildman–Crippen LogP) is 1.45. The fraction of sp³-hybridized carbons (Fsp3) is 0.444. The third kappa shape index (κ3) is 1.83. The highest BCUT2D eigenvalue weighted by Crippen LogP contribution is 2.09. The minimum Gasteiger partial charge on any atom is -0.375 e. The van der Waals surface area contributed by atoms with Gasteiger partial charge in [-0.05, 0) is 13.0 Å². The molecule has 0 radical (unpaired) electrons. The van der Waals surface area contributed by atoms with E-state index in [2.05, 4.69) is 16.6 Å². The van der Waals surface area contributed by atoms with Gasteiger partial charge in [0.25, 0.3) is 5.71 Å². The molecule has 0 aromatic rings. The summed E-state index contributed by atoms with van der Waals surface area (Å²) in [6, 6.07) is 0. The Bertz CT molecular complexity index is 269. The van der Waals surface area contributed by atoms with Crippen molar-refractivity contribution in [2.75, 3.05) is 13.6 Å². The number of hydrogen-bond donors (Lipinski definition) is 0. The number of allylic oxidation sites excluding steroid dienone is 3. The number of rotatable bonds is 2. The van der Waals surface area contributed by atoms with Gasteiger partial charge >= 0.3 is 0 Å². The Morgan fingerprint density at radius 3 is 3.00 bits per heavy atom. The second-order valence-electron chi connectivity index (χ2n) is 2.78. The van der Waals surface area contributed by atoms with Crippen molar-refractivity contribution in [1.82, 2.24) is 4.90 Å². The summed E-state index contributed by atoms with van der Waals surface area (Å²) in [7, 11) is 2.01. The third-order valence-corrected chi connectivity index (χ3v) is 1.97. The SMILES string of the molecule is CCN(C)C1=CC(=[N+]=[N-])CC=C1. The normalized spacial score (nSPS) is 15.5.